The Bertz CT molecular complexity index is 400. The molecule has 0 radical (unpaired) electrons. The highest BCUT2D eigenvalue weighted by molar-refractivity contribution is 5.89. The van der Waals surface area contributed by atoms with Gasteiger partial charge in [0.2, 0.25) is 0 Å². The Balaban J connectivity index is 1.84. The number of rotatable bonds is 5. The highest BCUT2D eigenvalue weighted by Crippen LogP contribution is 2.12. The lowest BCUT2D eigenvalue weighted by atomic mass is 10.1. The lowest BCUT2D eigenvalue weighted by Crippen LogP contribution is -2.37. The van der Waals surface area contributed by atoms with Crippen LogP contribution in [0, 0.1) is 0 Å². The van der Waals surface area contributed by atoms with Crippen molar-refractivity contribution in [3.8, 4) is 0 Å². The molecule has 0 amide bonds. The van der Waals surface area contributed by atoms with Crippen LogP contribution >= 0.6 is 0 Å². The molecule has 0 aromatic heterocycles. The van der Waals surface area contributed by atoms with Crippen molar-refractivity contribution < 1.29 is 14.6 Å². The van der Waals surface area contributed by atoms with Gasteiger partial charge in [-0.15, -0.1) is 0 Å². The molecule has 0 saturated carbocycles. The van der Waals surface area contributed by atoms with Gasteiger partial charge in [-0.25, -0.2) is 4.79 Å². The lowest BCUT2D eigenvalue weighted by Gasteiger charge is -2.23. The summed E-state index contributed by atoms with van der Waals surface area (Å²) < 4.78 is 5.62. The smallest absolute Gasteiger partial charge is 0.336 e. The summed E-state index contributed by atoms with van der Waals surface area (Å²) in [4.78, 5) is 11.0. The molecule has 1 aliphatic heterocycles. The second-order valence-electron chi connectivity index (χ2n) is 4.62. The Hall–Kier alpha value is -1.39. The minimum atomic E-state index is -0.898. The van der Waals surface area contributed by atoms with E-state index in [1.54, 1.807) is 18.2 Å². The van der Waals surface area contributed by atoms with Gasteiger partial charge in [0.25, 0.3) is 0 Å². The third-order valence-electron chi connectivity index (χ3n) is 3.24. The number of aromatic carboxylic acids is 1. The summed E-state index contributed by atoms with van der Waals surface area (Å²) in [6, 6.07) is 7.40. The Morgan fingerprint density at radius 2 is 2.22 bits per heavy atom. The molecule has 1 aromatic carbocycles. The maximum atomic E-state index is 11.0. The fraction of sp³-hybridized carbons (Fsp3) is 0.500. The number of nitrogens with one attached hydrogen (secondary N) is 1. The second kappa shape index (κ2) is 6.52. The van der Waals surface area contributed by atoms with Gasteiger partial charge in [0.05, 0.1) is 18.8 Å². The molecule has 1 heterocycles. The van der Waals surface area contributed by atoms with Gasteiger partial charge < -0.3 is 15.2 Å². The highest BCUT2D eigenvalue weighted by atomic mass is 16.5. The average molecular weight is 249 g/mol. The molecule has 1 saturated heterocycles. The number of hydrogen-bond acceptors (Lipinski definition) is 3. The van der Waals surface area contributed by atoms with Crippen LogP contribution in [0.1, 0.15) is 35.2 Å². The topological polar surface area (TPSA) is 58.6 Å². The number of carbonyl (C=O) groups is 1. The summed E-state index contributed by atoms with van der Waals surface area (Å²) in [5.41, 5.74) is 1.06. The third kappa shape index (κ3) is 3.55. The van der Waals surface area contributed by atoms with Crippen LogP contribution in [0.5, 0.6) is 0 Å². The van der Waals surface area contributed by atoms with E-state index in [-0.39, 0.29) is 0 Å². The minimum absolute atomic E-state index is 0.328. The van der Waals surface area contributed by atoms with E-state index in [0.29, 0.717) is 24.8 Å². The van der Waals surface area contributed by atoms with Crippen LogP contribution in [0.3, 0.4) is 0 Å². The van der Waals surface area contributed by atoms with E-state index in [2.05, 4.69) is 5.32 Å². The number of carboxylic acid groups (broad SMARTS) is 1. The van der Waals surface area contributed by atoms with Crippen molar-refractivity contribution in [1.29, 1.82) is 0 Å². The summed E-state index contributed by atoms with van der Waals surface area (Å²) >= 11 is 0. The van der Waals surface area contributed by atoms with Crippen LogP contribution in [-0.4, -0.2) is 30.3 Å². The van der Waals surface area contributed by atoms with Gasteiger partial charge in [-0.05, 0) is 31.0 Å². The second-order valence-corrected chi connectivity index (χ2v) is 4.62. The van der Waals surface area contributed by atoms with E-state index in [0.717, 1.165) is 18.5 Å². The van der Waals surface area contributed by atoms with Crippen molar-refractivity contribution in [3.05, 3.63) is 35.4 Å². The van der Waals surface area contributed by atoms with Crippen LogP contribution in [0.25, 0.3) is 0 Å². The number of piperidine rings is 1. The summed E-state index contributed by atoms with van der Waals surface area (Å²) in [6.07, 6.45) is 3.62. The van der Waals surface area contributed by atoms with Crippen LogP contribution in [0.15, 0.2) is 24.3 Å². The van der Waals surface area contributed by atoms with E-state index < -0.39 is 5.97 Å². The van der Waals surface area contributed by atoms with Crippen molar-refractivity contribution >= 4 is 5.97 Å². The van der Waals surface area contributed by atoms with Crippen molar-refractivity contribution in [2.75, 3.05) is 13.2 Å². The molecule has 1 unspecified atom stereocenters. The molecular weight excluding hydrogens is 230 g/mol. The maximum absolute atomic E-state index is 11.0. The fourth-order valence-electron chi connectivity index (χ4n) is 2.23. The molecule has 2 rings (SSSR count). The standard InChI is InChI=1S/C14H19NO3/c16-14(17)13-7-2-1-5-11(13)9-18-10-12-6-3-4-8-15-12/h1-2,5,7,12,15H,3-4,6,8-10H2,(H,16,17). The molecule has 98 valence electrons. The normalized spacial score (nSPS) is 19.7. The van der Waals surface area contributed by atoms with Gasteiger partial charge in [0, 0.05) is 6.04 Å². The Labute approximate surface area is 107 Å². The van der Waals surface area contributed by atoms with E-state index in [1.807, 2.05) is 6.07 Å². The average Bonchev–Trinajstić information content (AvgIpc) is 2.40. The Morgan fingerprint density at radius 1 is 1.39 bits per heavy atom. The number of hydrogen-bond donors (Lipinski definition) is 2. The SMILES string of the molecule is O=C(O)c1ccccc1COCC1CCCCN1. The third-order valence-corrected chi connectivity index (χ3v) is 3.24. The van der Waals surface area contributed by atoms with Crippen molar-refractivity contribution in [3.63, 3.8) is 0 Å². The number of benzene rings is 1. The van der Waals surface area contributed by atoms with E-state index >= 15 is 0 Å². The molecular formula is C14H19NO3. The summed E-state index contributed by atoms with van der Waals surface area (Å²) in [5.74, 6) is -0.898. The van der Waals surface area contributed by atoms with Gasteiger partial charge in [-0.3, -0.25) is 0 Å². The Morgan fingerprint density at radius 3 is 2.94 bits per heavy atom. The van der Waals surface area contributed by atoms with Gasteiger partial charge in [-0.2, -0.15) is 0 Å². The zero-order valence-corrected chi connectivity index (χ0v) is 10.4. The van der Waals surface area contributed by atoms with Gasteiger partial charge in [-0.1, -0.05) is 24.6 Å². The molecule has 1 fully saturated rings. The van der Waals surface area contributed by atoms with Crippen molar-refractivity contribution in [2.24, 2.45) is 0 Å². The molecule has 1 aromatic rings. The molecule has 0 bridgehead atoms. The van der Waals surface area contributed by atoms with Crippen LogP contribution < -0.4 is 5.32 Å². The van der Waals surface area contributed by atoms with Crippen LogP contribution in [0.4, 0.5) is 0 Å². The van der Waals surface area contributed by atoms with E-state index in [9.17, 15) is 4.79 Å². The fourth-order valence-corrected chi connectivity index (χ4v) is 2.23. The van der Waals surface area contributed by atoms with Crippen LogP contribution in [-0.2, 0) is 11.3 Å². The monoisotopic (exact) mass is 249 g/mol. The highest BCUT2D eigenvalue weighted by Gasteiger charge is 2.13. The summed E-state index contributed by atoms with van der Waals surface area (Å²) in [6.45, 7) is 2.06. The zero-order chi connectivity index (χ0) is 12.8. The molecule has 4 nitrogen and oxygen atoms in total. The first kappa shape index (κ1) is 13.1. The maximum Gasteiger partial charge on any atom is 0.336 e. The van der Waals surface area contributed by atoms with Gasteiger partial charge in [0.1, 0.15) is 0 Å². The quantitative estimate of drug-likeness (QED) is 0.838. The number of ether oxygens (including phenoxy) is 1. The minimum Gasteiger partial charge on any atom is -0.478 e. The molecule has 0 spiro atoms. The first-order valence-corrected chi connectivity index (χ1v) is 6.39. The summed E-state index contributed by atoms with van der Waals surface area (Å²) in [7, 11) is 0. The Kier molecular flexibility index (Phi) is 4.73. The first-order valence-electron chi connectivity index (χ1n) is 6.39. The largest absolute Gasteiger partial charge is 0.478 e. The van der Waals surface area contributed by atoms with Gasteiger partial charge in [0.15, 0.2) is 0 Å². The molecule has 1 atom stereocenters. The predicted molar refractivity (Wildman–Crippen MR) is 68.7 cm³/mol. The predicted octanol–water partition coefficient (Wildman–Crippen LogP) is 2.04. The van der Waals surface area contributed by atoms with Crippen molar-refractivity contribution in [1.82, 2.24) is 5.32 Å². The molecule has 2 N–H and O–H groups in total. The number of carboxylic acids is 1. The van der Waals surface area contributed by atoms with Gasteiger partial charge >= 0.3 is 5.97 Å². The molecule has 1 aliphatic rings. The summed E-state index contributed by atoms with van der Waals surface area (Å²) in [5, 5.41) is 12.4. The van der Waals surface area contributed by atoms with Crippen molar-refractivity contribution in [2.45, 2.75) is 31.9 Å². The van der Waals surface area contributed by atoms with E-state index in [4.69, 9.17) is 9.84 Å². The molecule has 0 aliphatic carbocycles. The molecule has 4 heteroatoms. The zero-order valence-electron chi connectivity index (χ0n) is 10.4. The molecule has 18 heavy (non-hydrogen) atoms. The first-order chi connectivity index (χ1) is 8.77. The van der Waals surface area contributed by atoms with Crippen LogP contribution in [0.2, 0.25) is 0 Å². The lowest BCUT2D eigenvalue weighted by molar-refractivity contribution is 0.0679. The van der Waals surface area contributed by atoms with E-state index in [1.165, 1.54) is 12.8 Å².